The molecule has 1 aromatic rings. The molecule has 1 aliphatic rings. The maximum Gasteiger partial charge on any atom is 0.310 e. The van der Waals surface area contributed by atoms with Gasteiger partial charge in [-0.1, -0.05) is 0 Å². The van der Waals surface area contributed by atoms with Crippen LogP contribution in [0, 0.1) is 17.6 Å². The Morgan fingerprint density at radius 3 is 2.87 bits per heavy atom. The maximum absolute atomic E-state index is 13.1. The highest BCUT2D eigenvalue weighted by Crippen LogP contribution is 2.30. The van der Waals surface area contributed by atoms with Gasteiger partial charge in [0, 0.05) is 11.6 Å². The third-order valence-corrected chi connectivity index (χ3v) is 2.33. The minimum absolute atomic E-state index is 0.0334. The number of rotatable bonds is 1. The second-order valence-corrected chi connectivity index (χ2v) is 3.43. The SMILES string of the molecule is O=C(O)C1COc2c(F)cc(F)cc2C1. The Labute approximate surface area is 84.3 Å². The van der Waals surface area contributed by atoms with E-state index in [9.17, 15) is 13.6 Å². The number of hydrogen-bond acceptors (Lipinski definition) is 2. The Morgan fingerprint density at radius 2 is 2.20 bits per heavy atom. The van der Waals surface area contributed by atoms with Gasteiger partial charge in [-0.25, -0.2) is 8.78 Å². The first-order chi connectivity index (χ1) is 7.08. The van der Waals surface area contributed by atoms with E-state index >= 15 is 0 Å². The van der Waals surface area contributed by atoms with Crippen LogP contribution in [0.1, 0.15) is 5.56 Å². The normalized spacial score (nSPS) is 19.2. The third-order valence-electron chi connectivity index (χ3n) is 2.33. The van der Waals surface area contributed by atoms with E-state index in [4.69, 9.17) is 9.84 Å². The molecule has 2 rings (SSSR count). The Hall–Kier alpha value is -1.65. The molecule has 0 amide bonds. The second-order valence-electron chi connectivity index (χ2n) is 3.43. The first-order valence-electron chi connectivity index (χ1n) is 4.41. The van der Waals surface area contributed by atoms with Crippen molar-refractivity contribution in [1.29, 1.82) is 0 Å². The van der Waals surface area contributed by atoms with Gasteiger partial charge in [0.2, 0.25) is 0 Å². The van der Waals surface area contributed by atoms with E-state index in [0.29, 0.717) is 0 Å². The summed E-state index contributed by atoms with van der Waals surface area (Å²) in [5, 5.41) is 8.73. The minimum Gasteiger partial charge on any atom is -0.489 e. The number of benzene rings is 1. The molecule has 1 aliphatic heterocycles. The average molecular weight is 214 g/mol. The number of hydrogen-bond donors (Lipinski definition) is 1. The Morgan fingerprint density at radius 1 is 1.47 bits per heavy atom. The van der Waals surface area contributed by atoms with Gasteiger partial charge < -0.3 is 9.84 Å². The second kappa shape index (κ2) is 3.49. The van der Waals surface area contributed by atoms with Crippen LogP contribution < -0.4 is 4.74 Å². The molecule has 0 aliphatic carbocycles. The average Bonchev–Trinajstić information content (AvgIpc) is 2.16. The molecule has 0 saturated heterocycles. The van der Waals surface area contributed by atoms with Crippen LogP contribution in [0.4, 0.5) is 8.78 Å². The van der Waals surface area contributed by atoms with Gasteiger partial charge in [0.25, 0.3) is 0 Å². The Kier molecular flexibility index (Phi) is 2.30. The van der Waals surface area contributed by atoms with Crippen molar-refractivity contribution in [2.24, 2.45) is 5.92 Å². The van der Waals surface area contributed by atoms with Gasteiger partial charge in [-0.3, -0.25) is 4.79 Å². The van der Waals surface area contributed by atoms with Crippen molar-refractivity contribution in [1.82, 2.24) is 0 Å². The van der Waals surface area contributed by atoms with E-state index in [1.54, 1.807) is 0 Å². The summed E-state index contributed by atoms with van der Waals surface area (Å²) in [6.45, 7) is -0.0785. The molecule has 15 heavy (non-hydrogen) atoms. The van der Waals surface area contributed by atoms with Gasteiger partial charge in [-0.05, 0) is 12.5 Å². The zero-order chi connectivity index (χ0) is 11.0. The zero-order valence-corrected chi connectivity index (χ0v) is 7.67. The third kappa shape index (κ3) is 1.77. The summed E-state index contributed by atoms with van der Waals surface area (Å²) in [7, 11) is 0. The lowest BCUT2D eigenvalue weighted by Gasteiger charge is -2.22. The molecule has 3 nitrogen and oxygen atoms in total. The molecule has 0 fully saturated rings. The molecular weight excluding hydrogens is 206 g/mol. The van der Waals surface area contributed by atoms with Crippen LogP contribution in [-0.2, 0) is 11.2 Å². The lowest BCUT2D eigenvalue weighted by Crippen LogP contribution is -2.28. The molecule has 0 bridgehead atoms. The van der Waals surface area contributed by atoms with E-state index in [2.05, 4.69) is 0 Å². The van der Waals surface area contributed by atoms with E-state index in [-0.39, 0.29) is 24.3 Å². The van der Waals surface area contributed by atoms with Gasteiger partial charge in [0.05, 0.1) is 5.92 Å². The molecule has 0 radical (unpaired) electrons. The summed E-state index contributed by atoms with van der Waals surface area (Å²) >= 11 is 0. The lowest BCUT2D eigenvalue weighted by molar-refractivity contribution is -0.143. The van der Waals surface area contributed by atoms with Gasteiger partial charge in [-0.15, -0.1) is 0 Å². The number of fused-ring (bicyclic) bond motifs is 1. The van der Waals surface area contributed by atoms with E-state index in [1.165, 1.54) is 0 Å². The predicted molar refractivity (Wildman–Crippen MR) is 46.7 cm³/mol. The summed E-state index contributed by atoms with van der Waals surface area (Å²) < 4.78 is 30.9. The summed E-state index contributed by atoms with van der Waals surface area (Å²) in [5.74, 6) is -3.30. The maximum atomic E-state index is 13.1. The fourth-order valence-electron chi connectivity index (χ4n) is 1.59. The molecule has 80 valence electrons. The van der Waals surface area contributed by atoms with Gasteiger partial charge in [-0.2, -0.15) is 0 Å². The van der Waals surface area contributed by atoms with Gasteiger partial charge >= 0.3 is 5.97 Å². The van der Waals surface area contributed by atoms with E-state index in [1.807, 2.05) is 0 Å². The Bertz CT molecular complexity index is 417. The van der Waals surface area contributed by atoms with Crippen LogP contribution in [0.15, 0.2) is 12.1 Å². The van der Waals surface area contributed by atoms with Crippen molar-refractivity contribution >= 4 is 5.97 Å². The van der Waals surface area contributed by atoms with Crippen LogP contribution in [0.5, 0.6) is 5.75 Å². The van der Waals surface area contributed by atoms with Crippen molar-refractivity contribution in [3.63, 3.8) is 0 Å². The van der Waals surface area contributed by atoms with Crippen molar-refractivity contribution in [3.8, 4) is 5.75 Å². The van der Waals surface area contributed by atoms with Crippen LogP contribution in [0.25, 0.3) is 0 Å². The monoisotopic (exact) mass is 214 g/mol. The molecule has 1 aromatic carbocycles. The molecule has 0 spiro atoms. The molecule has 0 saturated carbocycles. The standard InChI is InChI=1S/C10H8F2O3/c11-7-2-5-1-6(10(13)14)4-15-9(5)8(12)3-7/h2-3,6H,1,4H2,(H,13,14). The highest BCUT2D eigenvalue weighted by atomic mass is 19.1. The fraction of sp³-hybridized carbons (Fsp3) is 0.300. The first kappa shape index (κ1) is 9.89. The number of carbonyl (C=O) groups is 1. The number of ether oxygens (including phenoxy) is 1. The highest BCUT2D eigenvalue weighted by Gasteiger charge is 2.27. The molecule has 1 heterocycles. The summed E-state index contributed by atoms with van der Waals surface area (Å²) in [6.07, 6.45) is 0.0966. The van der Waals surface area contributed by atoms with Crippen molar-refractivity contribution in [2.75, 3.05) is 6.61 Å². The van der Waals surface area contributed by atoms with Crippen LogP contribution >= 0.6 is 0 Å². The quantitative estimate of drug-likeness (QED) is 0.772. The van der Waals surface area contributed by atoms with E-state index in [0.717, 1.165) is 12.1 Å². The Balaban J connectivity index is 2.37. The van der Waals surface area contributed by atoms with Crippen molar-refractivity contribution in [3.05, 3.63) is 29.3 Å². The van der Waals surface area contributed by atoms with Crippen molar-refractivity contribution < 1.29 is 23.4 Å². The van der Waals surface area contributed by atoms with Crippen LogP contribution in [0.3, 0.4) is 0 Å². The predicted octanol–water partition coefficient (Wildman–Crippen LogP) is 1.60. The molecule has 1 N–H and O–H groups in total. The largest absolute Gasteiger partial charge is 0.489 e. The molecule has 5 heteroatoms. The lowest BCUT2D eigenvalue weighted by atomic mass is 9.96. The summed E-state index contributed by atoms with van der Waals surface area (Å²) in [4.78, 5) is 10.7. The fourth-order valence-corrected chi connectivity index (χ4v) is 1.59. The number of carboxylic acids is 1. The molecule has 1 unspecified atom stereocenters. The topological polar surface area (TPSA) is 46.5 Å². The smallest absolute Gasteiger partial charge is 0.310 e. The van der Waals surface area contributed by atoms with E-state index < -0.39 is 23.5 Å². The molecule has 1 atom stereocenters. The number of aliphatic carboxylic acids is 1. The minimum atomic E-state index is -1.02. The summed E-state index contributed by atoms with van der Waals surface area (Å²) in [6, 6.07) is 1.83. The highest BCUT2D eigenvalue weighted by molar-refractivity contribution is 5.71. The van der Waals surface area contributed by atoms with Crippen LogP contribution in [0.2, 0.25) is 0 Å². The molecule has 0 aromatic heterocycles. The number of halogens is 2. The van der Waals surface area contributed by atoms with Gasteiger partial charge in [0.15, 0.2) is 11.6 Å². The number of carboxylic acid groups (broad SMARTS) is 1. The molecular formula is C10H8F2O3. The van der Waals surface area contributed by atoms with Crippen LogP contribution in [-0.4, -0.2) is 17.7 Å². The zero-order valence-electron chi connectivity index (χ0n) is 7.67. The first-order valence-corrected chi connectivity index (χ1v) is 4.41. The van der Waals surface area contributed by atoms with Crippen molar-refractivity contribution in [2.45, 2.75) is 6.42 Å². The van der Waals surface area contributed by atoms with Gasteiger partial charge in [0.1, 0.15) is 12.4 Å². The summed E-state index contributed by atoms with van der Waals surface area (Å²) in [5.41, 5.74) is 0.270.